The number of ether oxygens (including phenoxy) is 2. The highest BCUT2D eigenvalue weighted by atomic mass is 16.5. The molecule has 1 aromatic rings. The number of amides is 1. The summed E-state index contributed by atoms with van der Waals surface area (Å²) in [5, 5.41) is 2.94. The standard InChI is InChI=1S/C14H20N2O3/c1-9(12-4-3-7-19-12)16-14(17)10-5-6-13(18-2)11(15)8-10/h5-6,8-9,12H,3-4,7,15H2,1-2H3,(H,16,17). The molecule has 104 valence electrons. The Balaban J connectivity index is 2.01. The van der Waals surface area contributed by atoms with Crippen molar-refractivity contribution in [3.05, 3.63) is 23.8 Å². The number of methoxy groups -OCH3 is 1. The Morgan fingerprint density at radius 1 is 1.58 bits per heavy atom. The minimum absolute atomic E-state index is 0.00155. The maximum Gasteiger partial charge on any atom is 0.251 e. The Labute approximate surface area is 113 Å². The van der Waals surface area contributed by atoms with Gasteiger partial charge in [-0.15, -0.1) is 0 Å². The summed E-state index contributed by atoms with van der Waals surface area (Å²) in [5.74, 6) is 0.432. The average Bonchev–Trinajstić information content (AvgIpc) is 2.92. The first kappa shape index (κ1) is 13.7. The van der Waals surface area contributed by atoms with Crippen LogP contribution in [0.2, 0.25) is 0 Å². The van der Waals surface area contributed by atoms with E-state index in [-0.39, 0.29) is 18.1 Å². The average molecular weight is 264 g/mol. The second-order valence-corrected chi connectivity index (χ2v) is 4.77. The Morgan fingerprint density at radius 2 is 2.37 bits per heavy atom. The zero-order valence-corrected chi connectivity index (χ0v) is 11.3. The largest absolute Gasteiger partial charge is 0.495 e. The van der Waals surface area contributed by atoms with Crippen LogP contribution in [0.3, 0.4) is 0 Å². The summed E-state index contributed by atoms with van der Waals surface area (Å²) in [6, 6.07) is 5.02. The number of carbonyl (C=O) groups excluding carboxylic acids is 1. The molecule has 1 heterocycles. The lowest BCUT2D eigenvalue weighted by Crippen LogP contribution is -2.40. The number of nitrogens with two attached hydrogens (primary N) is 1. The molecule has 0 aromatic heterocycles. The molecule has 0 spiro atoms. The number of anilines is 1. The molecule has 1 aromatic carbocycles. The summed E-state index contributed by atoms with van der Waals surface area (Å²) < 4.78 is 10.6. The molecule has 5 heteroatoms. The fraction of sp³-hybridized carbons (Fsp3) is 0.500. The van der Waals surface area contributed by atoms with E-state index >= 15 is 0 Å². The molecule has 5 nitrogen and oxygen atoms in total. The van der Waals surface area contributed by atoms with Gasteiger partial charge in [-0.2, -0.15) is 0 Å². The van der Waals surface area contributed by atoms with Crippen molar-refractivity contribution in [2.45, 2.75) is 31.9 Å². The Kier molecular flexibility index (Phi) is 4.27. The van der Waals surface area contributed by atoms with E-state index in [1.807, 2.05) is 6.92 Å². The zero-order chi connectivity index (χ0) is 13.8. The number of nitrogen functional groups attached to an aromatic ring is 1. The maximum absolute atomic E-state index is 12.1. The summed E-state index contributed by atoms with van der Waals surface area (Å²) >= 11 is 0. The van der Waals surface area contributed by atoms with Gasteiger partial charge in [0.2, 0.25) is 0 Å². The van der Waals surface area contributed by atoms with E-state index in [1.54, 1.807) is 25.3 Å². The number of benzene rings is 1. The summed E-state index contributed by atoms with van der Waals surface area (Å²) in [6.45, 7) is 2.74. The molecule has 0 radical (unpaired) electrons. The SMILES string of the molecule is COc1ccc(C(=O)NC(C)C2CCCO2)cc1N. The van der Waals surface area contributed by atoms with Gasteiger partial charge < -0.3 is 20.5 Å². The molecule has 3 N–H and O–H groups in total. The lowest BCUT2D eigenvalue weighted by Gasteiger charge is -2.20. The van der Waals surface area contributed by atoms with Crippen LogP contribution in [0.15, 0.2) is 18.2 Å². The summed E-state index contributed by atoms with van der Waals surface area (Å²) in [4.78, 5) is 12.1. The summed E-state index contributed by atoms with van der Waals surface area (Å²) in [5.41, 5.74) is 6.78. The van der Waals surface area contributed by atoms with Crippen LogP contribution in [0.4, 0.5) is 5.69 Å². The van der Waals surface area contributed by atoms with Crippen molar-refractivity contribution in [2.75, 3.05) is 19.5 Å². The minimum Gasteiger partial charge on any atom is -0.495 e. The van der Waals surface area contributed by atoms with Crippen LogP contribution in [-0.2, 0) is 4.74 Å². The minimum atomic E-state index is -0.141. The Bertz CT molecular complexity index is 456. The van der Waals surface area contributed by atoms with E-state index in [1.165, 1.54) is 0 Å². The van der Waals surface area contributed by atoms with Crippen molar-refractivity contribution in [1.29, 1.82) is 0 Å². The van der Waals surface area contributed by atoms with Gasteiger partial charge >= 0.3 is 0 Å². The van der Waals surface area contributed by atoms with Crippen LogP contribution in [0.5, 0.6) is 5.75 Å². The first-order chi connectivity index (χ1) is 9.11. The topological polar surface area (TPSA) is 73.6 Å². The normalized spacial score (nSPS) is 20.0. The van der Waals surface area contributed by atoms with Gasteiger partial charge in [0.15, 0.2) is 0 Å². The van der Waals surface area contributed by atoms with E-state index in [9.17, 15) is 4.79 Å². The van der Waals surface area contributed by atoms with E-state index in [0.717, 1.165) is 19.4 Å². The van der Waals surface area contributed by atoms with Crippen molar-refractivity contribution in [2.24, 2.45) is 0 Å². The third-order valence-electron chi connectivity index (χ3n) is 3.37. The van der Waals surface area contributed by atoms with Gasteiger partial charge in [-0.1, -0.05) is 0 Å². The highest BCUT2D eigenvalue weighted by Crippen LogP contribution is 2.22. The predicted molar refractivity (Wildman–Crippen MR) is 73.3 cm³/mol. The van der Waals surface area contributed by atoms with Crippen LogP contribution < -0.4 is 15.8 Å². The highest BCUT2D eigenvalue weighted by molar-refractivity contribution is 5.95. The number of hydrogen-bond acceptors (Lipinski definition) is 4. The van der Waals surface area contributed by atoms with Gasteiger partial charge in [0.25, 0.3) is 5.91 Å². The molecule has 1 fully saturated rings. The Morgan fingerprint density at radius 3 is 2.95 bits per heavy atom. The fourth-order valence-electron chi connectivity index (χ4n) is 2.26. The van der Waals surface area contributed by atoms with E-state index in [0.29, 0.717) is 17.0 Å². The second kappa shape index (κ2) is 5.93. The molecule has 0 aliphatic carbocycles. The third-order valence-corrected chi connectivity index (χ3v) is 3.37. The molecule has 1 aliphatic rings. The van der Waals surface area contributed by atoms with Crippen molar-refractivity contribution >= 4 is 11.6 Å². The quantitative estimate of drug-likeness (QED) is 0.810. The van der Waals surface area contributed by atoms with Crippen LogP contribution in [-0.4, -0.2) is 31.8 Å². The molecule has 1 saturated heterocycles. The number of carbonyl (C=O) groups is 1. The van der Waals surface area contributed by atoms with Crippen molar-refractivity contribution in [1.82, 2.24) is 5.32 Å². The molecular weight excluding hydrogens is 244 g/mol. The van der Waals surface area contributed by atoms with Gasteiger partial charge in [-0.25, -0.2) is 0 Å². The number of nitrogens with one attached hydrogen (secondary N) is 1. The highest BCUT2D eigenvalue weighted by Gasteiger charge is 2.24. The molecule has 0 saturated carbocycles. The first-order valence-electron chi connectivity index (χ1n) is 6.48. The third kappa shape index (κ3) is 3.17. The van der Waals surface area contributed by atoms with Crippen molar-refractivity contribution in [3.63, 3.8) is 0 Å². The smallest absolute Gasteiger partial charge is 0.251 e. The molecule has 2 rings (SSSR count). The van der Waals surface area contributed by atoms with E-state index < -0.39 is 0 Å². The molecular formula is C14H20N2O3. The van der Waals surface area contributed by atoms with Gasteiger partial charge in [0, 0.05) is 12.2 Å². The first-order valence-corrected chi connectivity index (χ1v) is 6.48. The number of hydrogen-bond donors (Lipinski definition) is 2. The lowest BCUT2D eigenvalue weighted by molar-refractivity contribution is 0.0712. The molecule has 19 heavy (non-hydrogen) atoms. The maximum atomic E-state index is 12.1. The number of rotatable bonds is 4. The fourth-order valence-corrected chi connectivity index (χ4v) is 2.26. The molecule has 1 aliphatic heterocycles. The summed E-state index contributed by atoms with van der Waals surface area (Å²) in [6.07, 6.45) is 2.16. The second-order valence-electron chi connectivity index (χ2n) is 4.77. The lowest BCUT2D eigenvalue weighted by atomic mass is 10.1. The van der Waals surface area contributed by atoms with Crippen LogP contribution in [0.25, 0.3) is 0 Å². The molecule has 1 amide bonds. The molecule has 2 atom stereocenters. The van der Waals surface area contributed by atoms with Crippen LogP contribution in [0.1, 0.15) is 30.1 Å². The van der Waals surface area contributed by atoms with Gasteiger partial charge in [0.05, 0.1) is 24.9 Å². The summed E-state index contributed by atoms with van der Waals surface area (Å²) in [7, 11) is 1.55. The van der Waals surface area contributed by atoms with Gasteiger partial charge in [-0.05, 0) is 38.0 Å². The van der Waals surface area contributed by atoms with Crippen LogP contribution in [0, 0.1) is 0 Å². The van der Waals surface area contributed by atoms with Gasteiger partial charge in [-0.3, -0.25) is 4.79 Å². The zero-order valence-electron chi connectivity index (χ0n) is 11.3. The molecule has 2 unspecified atom stereocenters. The molecule has 0 bridgehead atoms. The van der Waals surface area contributed by atoms with Crippen LogP contribution >= 0.6 is 0 Å². The van der Waals surface area contributed by atoms with E-state index in [2.05, 4.69) is 5.32 Å². The Hall–Kier alpha value is -1.75. The monoisotopic (exact) mass is 264 g/mol. The van der Waals surface area contributed by atoms with Gasteiger partial charge in [0.1, 0.15) is 5.75 Å². The van der Waals surface area contributed by atoms with E-state index in [4.69, 9.17) is 15.2 Å². The van der Waals surface area contributed by atoms with Crippen molar-refractivity contribution < 1.29 is 14.3 Å². The predicted octanol–water partition coefficient (Wildman–Crippen LogP) is 1.57. The van der Waals surface area contributed by atoms with Crippen molar-refractivity contribution in [3.8, 4) is 5.75 Å².